The van der Waals surface area contributed by atoms with E-state index in [1.165, 1.54) is 0 Å². The lowest BCUT2D eigenvalue weighted by atomic mass is 10.2. The van der Waals surface area contributed by atoms with E-state index in [0.29, 0.717) is 0 Å². The van der Waals surface area contributed by atoms with Crippen LogP contribution in [0.25, 0.3) is 0 Å². The molecular weight excluding hydrogens is 200 g/mol. The normalized spacial score (nSPS) is 37.4. The lowest BCUT2D eigenvalue weighted by Gasteiger charge is -2.18. The number of rotatable bonds is 2. The van der Waals surface area contributed by atoms with Crippen LogP contribution in [0.2, 0.25) is 0 Å². The number of aliphatic hydroxyl groups excluding tert-OH is 1. The molecule has 0 spiro atoms. The second-order valence-corrected chi connectivity index (χ2v) is 4.92. The van der Waals surface area contributed by atoms with Crippen molar-refractivity contribution in [2.75, 3.05) is 11.6 Å². The van der Waals surface area contributed by atoms with Crippen LogP contribution in [0.3, 0.4) is 0 Å². The highest BCUT2D eigenvalue weighted by Gasteiger charge is 2.30. The van der Waals surface area contributed by atoms with Gasteiger partial charge in [0.15, 0.2) is 0 Å². The minimum absolute atomic E-state index is 0.0186. The smallest absolute Gasteiger partial charge is 0.238 e. The Hall–Kier alpha value is -0.260. The lowest BCUT2D eigenvalue weighted by molar-refractivity contribution is -0.123. The second kappa shape index (κ2) is 4.51. The third-order valence-corrected chi connectivity index (χ3v) is 3.78. The van der Waals surface area contributed by atoms with E-state index < -0.39 is 0 Å². The lowest BCUT2D eigenvalue weighted by Crippen LogP contribution is -2.48. The van der Waals surface area contributed by atoms with Crippen LogP contribution in [0.1, 0.15) is 19.3 Å². The molecule has 1 saturated heterocycles. The first-order valence-corrected chi connectivity index (χ1v) is 6.22. The van der Waals surface area contributed by atoms with Gasteiger partial charge in [0.05, 0.1) is 18.2 Å². The molecule has 1 aliphatic carbocycles. The highest BCUT2D eigenvalue weighted by atomic mass is 32.2. The van der Waals surface area contributed by atoms with Crippen molar-refractivity contribution in [3.63, 3.8) is 0 Å². The zero-order valence-electron chi connectivity index (χ0n) is 8.03. The molecule has 80 valence electrons. The van der Waals surface area contributed by atoms with E-state index in [-0.39, 0.29) is 24.1 Å². The van der Waals surface area contributed by atoms with E-state index in [1.807, 2.05) is 0 Å². The van der Waals surface area contributed by atoms with Crippen molar-refractivity contribution in [1.29, 1.82) is 0 Å². The van der Waals surface area contributed by atoms with Gasteiger partial charge >= 0.3 is 0 Å². The molecule has 3 unspecified atom stereocenters. The van der Waals surface area contributed by atoms with Crippen LogP contribution in [0.15, 0.2) is 0 Å². The predicted octanol–water partition coefficient (Wildman–Crippen LogP) is -0.322. The van der Waals surface area contributed by atoms with Gasteiger partial charge in [-0.2, -0.15) is 0 Å². The summed E-state index contributed by atoms with van der Waals surface area (Å²) in [6.07, 6.45) is 2.40. The molecule has 3 atom stereocenters. The summed E-state index contributed by atoms with van der Waals surface area (Å²) in [5, 5.41) is 15.6. The fourth-order valence-electron chi connectivity index (χ4n) is 1.96. The molecule has 1 aliphatic heterocycles. The van der Waals surface area contributed by atoms with Gasteiger partial charge in [-0.25, -0.2) is 0 Å². The zero-order chi connectivity index (χ0) is 9.97. The van der Waals surface area contributed by atoms with E-state index in [4.69, 9.17) is 0 Å². The van der Waals surface area contributed by atoms with Crippen molar-refractivity contribution in [1.82, 2.24) is 10.6 Å². The Morgan fingerprint density at radius 2 is 2.36 bits per heavy atom. The molecule has 5 heteroatoms. The quantitative estimate of drug-likeness (QED) is 0.592. The number of hydrogen-bond donors (Lipinski definition) is 3. The Morgan fingerprint density at radius 1 is 1.50 bits per heavy atom. The van der Waals surface area contributed by atoms with Crippen LogP contribution in [-0.4, -0.2) is 40.8 Å². The number of amides is 1. The van der Waals surface area contributed by atoms with Crippen molar-refractivity contribution >= 4 is 17.7 Å². The maximum absolute atomic E-state index is 11.6. The summed E-state index contributed by atoms with van der Waals surface area (Å²) in [5.74, 6) is 1.74. The van der Waals surface area contributed by atoms with E-state index in [0.717, 1.165) is 30.9 Å². The largest absolute Gasteiger partial charge is 0.391 e. The molecule has 1 amide bonds. The second-order valence-electron chi connectivity index (χ2n) is 3.89. The van der Waals surface area contributed by atoms with Gasteiger partial charge in [-0.1, -0.05) is 0 Å². The molecule has 14 heavy (non-hydrogen) atoms. The first-order valence-electron chi connectivity index (χ1n) is 5.07. The van der Waals surface area contributed by atoms with E-state index >= 15 is 0 Å². The highest BCUT2D eigenvalue weighted by Crippen LogP contribution is 2.19. The number of carbonyl (C=O) groups is 1. The van der Waals surface area contributed by atoms with Crippen LogP contribution in [0, 0.1) is 0 Å². The molecule has 3 N–H and O–H groups in total. The van der Waals surface area contributed by atoms with Gasteiger partial charge in [0.25, 0.3) is 0 Å². The maximum atomic E-state index is 11.6. The van der Waals surface area contributed by atoms with Crippen molar-refractivity contribution in [2.24, 2.45) is 0 Å². The molecule has 2 rings (SSSR count). The van der Waals surface area contributed by atoms with Gasteiger partial charge in [-0.05, 0) is 19.3 Å². The predicted molar refractivity (Wildman–Crippen MR) is 56.0 cm³/mol. The van der Waals surface area contributed by atoms with E-state index in [9.17, 15) is 9.90 Å². The summed E-state index contributed by atoms with van der Waals surface area (Å²) in [6, 6.07) is -0.0808. The molecule has 0 aromatic heterocycles. The molecular formula is C9H16N2O2S. The molecule has 0 aromatic rings. The molecule has 1 saturated carbocycles. The Balaban J connectivity index is 1.81. The number of carbonyl (C=O) groups excluding carboxylic acids is 1. The number of thioether (sulfide) groups is 1. The van der Waals surface area contributed by atoms with E-state index in [2.05, 4.69) is 10.6 Å². The first kappa shape index (κ1) is 10.3. The summed E-state index contributed by atoms with van der Waals surface area (Å²) in [5.41, 5.74) is 0. The fraction of sp³-hybridized carbons (Fsp3) is 0.889. The molecule has 0 radical (unpaired) electrons. The Labute approximate surface area is 87.8 Å². The first-order chi connectivity index (χ1) is 6.77. The van der Waals surface area contributed by atoms with Crippen LogP contribution >= 0.6 is 11.8 Å². The van der Waals surface area contributed by atoms with Gasteiger partial charge in [0, 0.05) is 11.6 Å². The van der Waals surface area contributed by atoms with Gasteiger partial charge in [0.1, 0.15) is 0 Å². The number of hydrogen-bond acceptors (Lipinski definition) is 4. The van der Waals surface area contributed by atoms with Crippen LogP contribution < -0.4 is 10.6 Å². The Kier molecular flexibility index (Phi) is 3.30. The van der Waals surface area contributed by atoms with E-state index in [1.54, 1.807) is 11.8 Å². The monoisotopic (exact) mass is 216 g/mol. The van der Waals surface area contributed by atoms with Crippen LogP contribution in [0.5, 0.6) is 0 Å². The summed E-state index contributed by atoms with van der Waals surface area (Å²) >= 11 is 1.73. The van der Waals surface area contributed by atoms with Gasteiger partial charge in [-0.3, -0.25) is 10.1 Å². The number of nitrogens with one attached hydrogen (secondary N) is 2. The van der Waals surface area contributed by atoms with Crippen molar-refractivity contribution < 1.29 is 9.90 Å². The van der Waals surface area contributed by atoms with Crippen LogP contribution in [0.4, 0.5) is 0 Å². The highest BCUT2D eigenvalue weighted by molar-refractivity contribution is 7.99. The average molecular weight is 216 g/mol. The molecule has 4 nitrogen and oxygen atoms in total. The van der Waals surface area contributed by atoms with Crippen molar-refractivity contribution in [2.45, 2.75) is 37.5 Å². The number of aliphatic hydroxyl groups is 1. The van der Waals surface area contributed by atoms with Gasteiger partial charge < -0.3 is 10.4 Å². The summed E-state index contributed by atoms with van der Waals surface area (Å²) in [4.78, 5) is 11.6. The van der Waals surface area contributed by atoms with Crippen molar-refractivity contribution in [3.8, 4) is 0 Å². The SMILES string of the molecule is O=C(NC1CCCC1O)C1CSCN1. The van der Waals surface area contributed by atoms with Crippen molar-refractivity contribution in [3.05, 3.63) is 0 Å². The topological polar surface area (TPSA) is 61.4 Å². The third kappa shape index (κ3) is 2.21. The minimum Gasteiger partial charge on any atom is -0.391 e. The third-order valence-electron chi connectivity index (χ3n) is 2.84. The molecule has 2 fully saturated rings. The molecule has 1 heterocycles. The van der Waals surface area contributed by atoms with Crippen LogP contribution in [-0.2, 0) is 4.79 Å². The molecule has 0 bridgehead atoms. The summed E-state index contributed by atoms with van der Waals surface area (Å²) < 4.78 is 0. The standard InChI is InChI=1S/C9H16N2O2S/c12-8-3-1-2-6(8)11-9(13)7-4-14-5-10-7/h6-8,10,12H,1-5H2,(H,11,13). The molecule has 0 aromatic carbocycles. The molecule has 2 aliphatic rings. The zero-order valence-corrected chi connectivity index (χ0v) is 8.85. The average Bonchev–Trinajstić information content (AvgIpc) is 2.77. The maximum Gasteiger partial charge on any atom is 0.238 e. The Morgan fingerprint density at radius 3 is 2.93 bits per heavy atom. The Bertz CT molecular complexity index is 219. The summed E-state index contributed by atoms with van der Waals surface area (Å²) in [7, 11) is 0. The minimum atomic E-state index is -0.340. The van der Waals surface area contributed by atoms with Gasteiger partial charge in [-0.15, -0.1) is 11.8 Å². The summed E-state index contributed by atoms with van der Waals surface area (Å²) in [6.45, 7) is 0. The van der Waals surface area contributed by atoms with Gasteiger partial charge in [0.2, 0.25) is 5.91 Å². The fourth-order valence-corrected chi connectivity index (χ4v) is 2.90.